The van der Waals surface area contributed by atoms with Crippen LogP contribution in [0.15, 0.2) is 109 Å². The Morgan fingerprint density at radius 2 is 1.56 bits per heavy atom. The van der Waals surface area contributed by atoms with Crippen molar-refractivity contribution < 1.29 is 10.0 Å². The van der Waals surface area contributed by atoms with Crippen LogP contribution in [-0.2, 0) is 6.42 Å². The molecule has 1 aliphatic carbocycles. The molecule has 2 N–H and O–H groups in total. The summed E-state index contributed by atoms with van der Waals surface area (Å²) in [4.78, 5) is 0. The maximum absolute atomic E-state index is 9.49. The molecule has 0 fully saturated rings. The zero-order valence-electron chi connectivity index (χ0n) is 18.3. The monoisotopic (exact) mass is 418 g/mol. The van der Waals surface area contributed by atoms with E-state index in [4.69, 9.17) is 0 Å². The Balaban J connectivity index is 2.07. The molecule has 0 atom stereocenters. The predicted octanol–water partition coefficient (Wildman–Crippen LogP) is 5.76. The quantitative estimate of drug-likeness (QED) is 0.529. The average Bonchev–Trinajstić information content (AvgIpc) is 2.82. The van der Waals surface area contributed by atoms with Crippen LogP contribution in [0.3, 0.4) is 0 Å². The van der Waals surface area contributed by atoms with Crippen LogP contribution in [0.2, 0.25) is 0 Å². The molecule has 1 aliphatic rings. The molecule has 32 heavy (non-hydrogen) atoms. The first-order valence-electron chi connectivity index (χ1n) is 11.0. The van der Waals surface area contributed by atoms with Crippen molar-refractivity contribution in [2.24, 2.45) is 0 Å². The van der Waals surface area contributed by atoms with Gasteiger partial charge in [-0.2, -0.15) is 0 Å². The Bertz CT molecular complexity index is 1260. The zero-order valence-corrected chi connectivity index (χ0v) is 18.3. The zero-order chi connectivity index (χ0) is 22.5. The van der Waals surface area contributed by atoms with Crippen molar-refractivity contribution in [1.29, 1.82) is 0 Å². The summed E-state index contributed by atoms with van der Waals surface area (Å²) in [5, 5.41) is 21.4. The Labute approximate surface area is 190 Å². The highest BCUT2D eigenvalue weighted by molar-refractivity contribution is 6.58. The summed E-state index contributed by atoms with van der Waals surface area (Å²) in [5.74, 6) is 0. The van der Waals surface area contributed by atoms with Gasteiger partial charge in [0.15, 0.2) is 0 Å². The lowest BCUT2D eigenvalue weighted by Crippen LogP contribution is -2.29. The lowest BCUT2D eigenvalue weighted by molar-refractivity contribution is 0.426. The molecule has 0 radical (unpaired) electrons. The second-order valence-corrected chi connectivity index (χ2v) is 7.90. The molecule has 0 unspecified atom stereocenters. The molecular formula is C29H27BO2. The van der Waals surface area contributed by atoms with E-state index in [1.54, 1.807) is 12.1 Å². The first-order valence-corrected chi connectivity index (χ1v) is 11.0. The maximum Gasteiger partial charge on any atom is 0.488 e. The topological polar surface area (TPSA) is 40.5 Å². The normalized spacial score (nSPS) is 18.3. The van der Waals surface area contributed by atoms with Gasteiger partial charge in [-0.25, -0.2) is 0 Å². The molecule has 0 saturated heterocycles. The second kappa shape index (κ2) is 9.82. The average molecular weight is 418 g/mol. The summed E-state index contributed by atoms with van der Waals surface area (Å²) in [6.07, 6.45) is 16.5. The lowest BCUT2D eigenvalue weighted by Gasteiger charge is -2.20. The van der Waals surface area contributed by atoms with Gasteiger partial charge in [0, 0.05) is 0 Å². The van der Waals surface area contributed by atoms with Gasteiger partial charge >= 0.3 is 7.12 Å². The summed E-state index contributed by atoms with van der Waals surface area (Å²) in [7, 11) is -1.47. The highest BCUT2D eigenvalue weighted by Crippen LogP contribution is 2.38. The minimum atomic E-state index is -1.47. The molecular weight excluding hydrogens is 391 g/mol. The minimum Gasteiger partial charge on any atom is -0.423 e. The van der Waals surface area contributed by atoms with Gasteiger partial charge in [-0.05, 0) is 75.5 Å². The first kappa shape index (κ1) is 21.8. The summed E-state index contributed by atoms with van der Waals surface area (Å²) < 4.78 is 0. The van der Waals surface area contributed by atoms with E-state index in [-0.39, 0.29) is 0 Å². The summed E-state index contributed by atoms with van der Waals surface area (Å²) in [6.45, 7) is 6.14. The number of benzene rings is 3. The molecule has 0 heterocycles. The molecule has 3 heteroatoms. The second-order valence-electron chi connectivity index (χ2n) is 7.90. The fourth-order valence-corrected chi connectivity index (χ4v) is 4.35. The van der Waals surface area contributed by atoms with Crippen LogP contribution in [-0.4, -0.2) is 17.2 Å². The third-order valence-electron chi connectivity index (χ3n) is 5.93. The van der Waals surface area contributed by atoms with Gasteiger partial charge < -0.3 is 10.0 Å². The SMILES string of the molecule is C=C/C1=C(\C=C/C)c2cc(-c3ccc(B(O)O)cc3)c3ccccc3c2C/C=C\C=C/C1. The van der Waals surface area contributed by atoms with E-state index in [1.807, 2.05) is 25.1 Å². The molecule has 158 valence electrons. The predicted molar refractivity (Wildman–Crippen MR) is 138 cm³/mol. The van der Waals surface area contributed by atoms with Crippen molar-refractivity contribution in [1.82, 2.24) is 0 Å². The molecule has 0 bridgehead atoms. The third kappa shape index (κ3) is 4.31. The van der Waals surface area contributed by atoms with Crippen LogP contribution in [0.5, 0.6) is 0 Å². The van der Waals surface area contributed by atoms with Gasteiger partial charge in [-0.3, -0.25) is 0 Å². The van der Waals surface area contributed by atoms with Gasteiger partial charge in [0.1, 0.15) is 0 Å². The largest absolute Gasteiger partial charge is 0.488 e. The number of allylic oxidation sites excluding steroid dienone is 9. The number of fused-ring (bicyclic) bond motifs is 3. The molecule has 4 rings (SSSR count). The highest BCUT2D eigenvalue weighted by atomic mass is 16.4. The van der Waals surface area contributed by atoms with Crippen molar-refractivity contribution in [3.63, 3.8) is 0 Å². The van der Waals surface area contributed by atoms with E-state index in [1.165, 1.54) is 33.0 Å². The van der Waals surface area contributed by atoms with E-state index >= 15 is 0 Å². The van der Waals surface area contributed by atoms with Gasteiger partial charge in [0.05, 0.1) is 0 Å². The first-order chi connectivity index (χ1) is 15.6. The summed E-state index contributed by atoms with van der Waals surface area (Å²) >= 11 is 0. The molecule has 2 nitrogen and oxygen atoms in total. The van der Waals surface area contributed by atoms with Crippen LogP contribution in [0, 0.1) is 0 Å². The number of hydrogen-bond acceptors (Lipinski definition) is 2. The Hall–Kier alpha value is -3.40. The Morgan fingerprint density at radius 1 is 0.875 bits per heavy atom. The minimum absolute atomic E-state index is 0.484. The maximum atomic E-state index is 9.49. The number of hydrogen-bond donors (Lipinski definition) is 2. The van der Waals surface area contributed by atoms with Crippen molar-refractivity contribution in [2.45, 2.75) is 19.8 Å². The molecule has 0 saturated carbocycles. The standard InChI is InChI=1S/C29H27BO2/c1-3-11-24-21(4-2)12-7-5-6-8-13-27-25-14-9-10-15-26(25)28(20-29(24)27)22-16-18-23(19-17-22)30(31)32/h3-11,14-20,31-32H,2,12-13H2,1H3/b7-5-,8-6-,11-3-,24-21-. The lowest BCUT2D eigenvalue weighted by atomic mass is 9.79. The van der Waals surface area contributed by atoms with Gasteiger partial charge in [0.25, 0.3) is 0 Å². The van der Waals surface area contributed by atoms with Crippen molar-refractivity contribution in [2.75, 3.05) is 0 Å². The Kier molecular flexibility index (Phi) is 6.70. The van der Waals surface area contributed by atoms with Gasteiger partial charge in [-0.15, -0.1) is 0 Å². The molecule has 0 aliphatic heterocycles. The summed E-state index contributed by atoms with van der Waals surface area (Å²) in [6, 6.07) is 18.3. The Morgan fingerprint density at radius 3 is 2.22 bits per heavy atom. The van der Waals surface area contributed by atoms with Gasteiger partial charge in [-0.1, -0.05) is 97.6 Å². The molecule has 0 spiro atoms. The van der Waals surface area contributed by atoms with E-state index in [2.05, 4.69) is 73.4 Å². The van der Waals surface area contributed by atoms with Crippen molar-refractivity contribution in [3.8, 4) is 11.1 Å². The molecule has 3 aromatic carbocycles. The van der Waals surface area contributed by atoms with Crippen LogP contribution in [0.25, 0.3) is 27.5 Å². The third-order valence-corrected chi connectivity index (χ3v) is 5.93. The van der Waals surface area contributed by atoms with Crippen LogP contribution < -0.4 is 5.46 Å². The molecule has 3 aromatic rings. The fourth-order valence-electron chi connectivity index (χ4n) is 4.35. The molecule has 0 aromatic heterocycles. The van der Waals surface area contributed by atoms with Crippen molar-refractivity contribution >= 4 is 28.9 Å². The van der Waals surface area contributed by atoms with Crippen LogP contribution >= 0.6 is 0 Å². The van der Waals surface area contributed by atoms with Crippen molar-refractivity contribution in [3.05, 3.63) is 120 Å². The van der Waals surface area contributed by atoms with Crippen LogP contribution in [0.4, 0.5) is 0 Å². The van der Waals surface area contributed by atoms with E-state index in [0.717, 1.165) is 24.0 Å². The van der Waals surface area contributed by atoms with Crippen LogP contribution in [0.1, 0.15) is 24.5 Å². The van der Waals surface area contributed by atoms with E-state index in [9.17, 15) is 10.0 Å². The highest BCUT2D eigenvalue weighted by Gasteiger charge is 2.17. The fraction of sp³-hybridized carbons (Fsp3) is 0.103. The smallest absolute Gasteiger partial charge is 0.423 e. The van der Waals surface area contributed by atoms with E-state index < -0.39 is 7.12 Å². The summed E-state index contributed by atoms with van der Waals surface area (Å²) in [5.41, 5.74) is 7.53. The number of rotatable bonds is 4. The van der Waals surface area contributed by atoms with E-state index in [0.29, 0.717) is 5.46 Å². The van der Waals surface area contributed by atoms with Gasteiger partial charge in [0.2, 0.25) is 0 Å². The molecule has 0 amide bonds.